The van der Waals surface area contributed by atoms with Gasteiger partial charge in [0, 0.05) is 6.26 Å². The maximum atomic E-state index is 11.6. The minimum atomic E-state index is -3.36. The van der Waals surface area contributed by atoms with Crippen LogP contribution in [0.5, 0.6) is 0 Å². The van der Waals surface area contributed by atoms with Crippen LogP contribution in [0.1, 0.15) is 5.56 Å². The molecule has 0 bridgehead atoms. The Morgan fingerprint density at radius 2 is 1.85 bits per heavy atom. The van der Waals surface area contributed by atoms with Gasteiger partial charge in [0.25, 0.3) is 0 Å². The number of nitrogens with one attached hydrogen (secondary N) is 1. The van der Waals surface area contributed by atoms with E-state index in [0.29, 0.717) is 16.4 Å². The molecule has 2 aromatic rings. The second-order valence-electron chi connectivity index (χ2n) is 4.60. The lowest BCUT2D eigenvalue weighted by Crippen LogP contribution is -2.05. The van der Waals surface area contributed by atoms with Crippen molar-refractivity contribution in [3.63, 3.8) is 0 Å². The van der Waals surface area contributed by atoms with E-state index >= 15 is 0 Å². The topological polar surface area (TPSA) is 72.2 Å². The minimum absolute atomic E-state index is 0.103. The number of sulfone groups is 1. The molecule has 2 aromatic carbocycles. The zero-order valence-corrected chi connectivity index (χ0v) is 12.7. The highest BCUT2D eigenvalue weighted by Crippen LogP contribution is 2.32. The van der Waals surface area contributed by atoms with E-state index in [1.807, 2.05) is 25.1 Å². The minimum Gasteiger partial charge on any atom is -0.396 e. The summed E-state index contributed by atoms with van der Waals surface area (Å²) < 4.78 is 23.3. The molecule has 106 valence electrons. The van der Waals surface area contributed by atoms with Crippen LogP contribution < -0.4 is 11.1 Å². The first-order chi connectivity index (χ1) is 9.29. The van der Waals surface area contributed by atoms with Crippen molar-refractivity contribution in [3.05, 3.63) is 47.0 Å². The Morgan fingerprint density at radius 1 is 1.15 bits per heavy atom. The molecule has 0 saturated heterocycles. The average Bonchev–Trinajstić information content (AvgIpc) is 2.33. The summed E-state index contributed by atoms with van der Waals surface area (Å²) in [5.74, 6) is 0. The lowest BCUT2D eigenvalue weighted by Gasteiger charge is -2.13. The predicted octanol–water partition coefficient (Wildman–Crippen LogP) is 3.38. The molecule has 0 unspecified atom stereocenters. The molecule has 0 saturated carbocycles. The van der Waals surface area contributed by atoms with E-state index in [0.717, 1.165) is 11.8 Å². The fourth-order valence-corrected chi connectivity index (χ4v) is 2.96. The molecular formula is C14H15ClN2O2S. The number of rotatable bonds is 3. The van der Waals surface area contributed by atoms with E-state index in [-0.39, 0.29) is 10.6 Å². The molecule has 0 heterocycles. The predicted molar refractivity (Wildman–Crippen MR) is 83.4 cm³/mol. The molecule has 4 nitrogen and oxygen atoms in total. The van der Waals surface area contributed by atoms with E-state index in [1.54, 1.807) is 12.1 Å². The van der Waals surface area contributed by atoms with Crippen LogP contribution in [0.4, 0.5) is 17.1 Å². The van der Waals surface area contributed by atoms with Gasteiger partial charge in [0.05, 0.1) is 27.0 Å². The van der Waals surface area contributed by atoms with Crippen LogP contribution in [0.25, 0.3) is 0 Å². The molecule has 0 radical (unpaired) electrons. The number of para-hydroxylation sites is 1. The lowest BCUT2D eigenvalue weighted by atomic mass is 10.2. The van der Waals surface area contributed by atoms with E-state index in [9.17, 15) is 8.42 Å². The number of hydrogen-bond acceptors (Lipinski definition) is 4. The summed E-state index contributed by atoms with van der Waals surface area (Å²) in [4.78, 5) is 0.103. The van der Waals surface area contributed by atoms with E-state index in [1.165, 1.54) is 6.07 Å². The quantitative estimate of drug-likeness (QED) is 0.852. The maximum Gasteiger partial charge on any atom is 0.177 e. The van der Waals surface area contributed by atoms with Gasteiger partial charge in [-0.25, -0.2) is 8.42 Å². The van der Waals surface area contributed by atoms with Crippen molar-refractivity contribution in [2.45, 2.75) is 11.8 Å². The van der Waals surface area contributed by atoms with Crippen LogP contribution in [0.3, 0.4) is 0 Å². The molecule has 0 aromatic heterocycles. The van der Waals surface area contributed by atoms with Crippen molar-refractivity contribution in [2.75, 3.05) is 17.3 Å². The lowest BCUT2D eigenvalue weighted by molar-refractivity contribution is 0.602. The molecule has 0 spiro atoms. The summed E-state index contributed by atoms with van der Waals surface area (Å²) in [5.41, 5.74) is 8.33. The van der Waals surface area contributed by atoms with Crippen molar-refractivity contribution in [2.24, 2.45) is 0 Å². The van der Waals surface area contributed by atoms with Crippen LogP contribution in [0.2, 0.25) is 5.02 Å². The highest BCUT2D eigenvalue weighted by Gasteiger charge is 2.14. The second-order valence-corrected chi connectivity index (χ2v) is 6.99. The van der Waals surface area contributed by atoms with Gasteiger partial charge in [-0.05, 0) is 36.8 Å². The summed E-state index contributed by atoms with van der Waals surface area (Å²) in [6, 6.07) is 10.4. The van der Waals surface area contributed by atoms with Crippen molar-refractivity contribution in [1.29, 1.82) is 0 Å². The highest BCUT2D eigenvalue weighted by atomic mass is 35.5. The first-order valence-electron chi connectivity index (χ1n) is 5.91. The fraction of sp³-hybridized carbons (Fsp3) is 0.143. The van der Waals surface area contributed by atoms with E-state index < -0.39 is 9.84 Å². The monoisotopic (exact) mass is 310 g/mol. The van der Waals surface area contributed by atoms with Gasteiger partial charge in [0.2, 0.25) is 0 Å². The van der Waals surface area contributed by atoms with Crippen molar-refractivity contribution in [3.8, 4) is 0 Å². The van der Waals surface area contributed by atoms with Crippen LogP contribution in [0, 0.1) is 6.92 Å². The molecule has 0 fully saturated rings. The first kappa shape index (κ1) is 14.7. The summed E-state index contributed by atoms with van der Waals surface area (Å²) in [5, 5.41) is 3.61. The zero-order valence-electron chi connectivity index (χ0n) is 11.1. The molecule has 0 aliphatic rings. The third-order valence-corrected chi connectivity index (χ3v) is 4.33. The third kappa shape index (κ3) is 3.05. The molecule has 0 atom stereocenters. The van der Waals surface area contributed by atoms with Gasteiger partial charge in [-0.2, -0.15) is 0 Å². The summed E-state index contributed by atoms with van der Waals surface area (Å²) in [6.45, 7) is 1.94. The van der Waals surface area contributed by atoms with E-state index in [4.69, 9.17) is 17.3 Å². The van der Waals surface area contributed by atoms with Gasteiger partial charge in [0.15, 0.2) is 9.84 Å². The average molecular weight is 311 g/mol. The normalized spacial score (nSPS) is 11.3. The number of nitrogens with two attached hydrogens (primary N) is 1. The largest absolute Gasteiger partial charge is 0.396 e. The SMILES string of the molecule is Cc1ccc(Nc2cccc(S(C)(=O)=O)c2N)c(Cl)c1. The number of hydrogen-bond donors (Lipinski definition) is 2. The Balaban J connectivity index is 2.45. The summed E-state index contributed by atoms with van der Waals surface area (Å²) in [7, 11) is -3.36. The van der Waals surface area contributed by atoms with Gasteiger partial charge in [-0.3, -0.25) is 0 Å². The van der Waals surface area contributed by atoms with Gasteiger partial charge >= 0.3 is 0 Å². The molecule has 0 amide bonds. The van der Waals surface area contributed by atoms with Crippen molar-refractivity contribution < 1.29 is 8.42 Å². The second kappa shape index (κ2) is 5.34. The van der Waals surface area contributed by atoms with Gasteiger partial charge in [-0.15, -0.1) is 0 Å². The van der Waals surface area contributed by atoms with Crippen molar-refractivity contribution >= 4 is 38.5 Å². The van der Waals surface area contributed by atoms with Gasteiger partial charge in [0.1, 0.15) is 0 Å². The van der Waals surface area contributed by atoms with Crippen molar-refractivity contribution in [1.82, 2.24) is 0 Å². The third-order valence-electron chi connectivity index (χ3n) is 2.86. The van der Waals surface area contributed by atoms with Crippen LogP contribution in [0.15, 0.2) is 41.3 Å². The number of halogens is 1. The Hall–Kier alpha value is -1.72. The molecular weight excluding hydrogens is 296 g/mol. The molecule has 20 heavy (non-hydrogen) atoms. The fourth-order valence-electron chi connectivity index (χ4n) is 1.84. The number of anilines is 3. The molecule has 6 heteroatoms. The van der Waals surface area contributed by atoms with Gasteiger partial charge < -0.3 is 11.1 Å². The van der Waals surface area contributed by atoms with Gasteiger partial charge in [-0.1, -0.05) is 23.7 Å². The molecule has 3 N–H and O–H groups in total. The number of benzene rings is 2. The Morgan fingerprint density at radius 3 is 2.45 bits per heavy atom. The molecule has 0 aliphatic heterocycles. The zero-order chi connectivity index (χ0) is 14.9. The first-order valence-corrected chi connectivity index (χ1v) is 8.17. The summed E-state index contributed by atoms with van der Waals surface area (Å²) in [6.07, 6.45) is 1.13. The van der Waals surface area contributed by atoms with Crippen LogP contribution in [-0.2, 0) is 9.84 Å². The summed E-state index contributed by atoms with van der Waals surface area (Å²) >= 11 is 6.14. The maximum absolute atomic E-state index is 11.6. The van der Waals surface area contributed by atoms with E-state index in [2.05, 4.69) is 5.32 Å². The number of aryl methyl sites for hydroxylation is 1. The number of nitrogen functional groups attached to an aromatic ring is 1. The Bertz CT molecular complexity index is 758. The highest BCUT2D eigenvalue weighted by molar-refractivity contribution is 7.90. The Kier molecular flexibility index (Phi) is 3.92. The molecule has 2 rings (SSSR count). The molecule has 0 aliphatic carbocycles. The Labute approximate surface area is 123 Å². The smallest absolute Gasteiger partial charge is 0.177 e. The standard InChI is InChI=1S/C14H15ClN2O2S/c1-9-6-7-11(10(15)8-9)17-12-4-3-5-13(14(12)16)20(2,18)19/h3-8,17H,16H2,1-2H3. The van der Waals surface area contributed by atoms with Crippen LogP contribution in [-0.4, -0.2) is 14.7 Å². The van der Waals surface area contributed by atoms with Crippen LogP contribution >= 0.6 is 11.6 Å².